The number of hydrogen-bond donors (Lipinski definition) is 0. The van der Waals surface area contributed by atoms with E-state index in [9.17, 15) is 0 Å². The quantitative estimate of drug-likeness (QED) is 0.574. The molecule has 2 rings (SSSR count). The van der Waals surface area contributed by atoms with Crippen LogP contribution in [0.5, 0.6) is 0 Å². The van der Waals surface area contributed by atoms with E-state index in [-0.39, 0.29) is 5.92 Å². The van der Waals surface area contributed by atoms with Gasteiger partial charge in [-0.05, 0) is 20.3 Å². The molecule has 2 aromatic heterocycles. The molecule has 8 nitrogen and oxygen atoms in total. The van der Waals surface area contributed by atoms with E-state index in [2.05, 4.69) is 46.7 Å². The van der Waals surface area contributed by atoms with Crippen LogP contribution in [0.15, 0.2) is 24.8 Å². The van der Waals surface area contributed by atoms with Crippen molar-refractivity contribution in [3.8, 4) is 12.1 Å². The number of aryl methyl sites for hydroxylation is 2. The van der Waals surface area contributed by atoms with Crippen molar-refractivity contribution < 1.29 is 9.47 Å². The van der Waals surface area contributed by atoms with Crippen molar-refractivity contribution in [2.45, 2.75) is 32.6 Å². The largest absolute Gasteiger partial charge is 0.385 e. The second kappa shape index (κ2) is 17.6. The first-order chi connectivity index (χ1) is 14.0. The molecule has 1 unspecified atom stereocenters. The van der Waals surface area contributed by atoms with Crippen LogP contribution in [0.4, 0.5) is 0 Å². The maximum Gasteiger partial charge on any atom is 0.125 e. The van der Waals surface area contributed by atoms with Crippen LogP contribution in [0.2, 0.25) is 0 Å². The zero-order valence-electron chi connectivity index (χ0n) is 17.3. The summed E-state index contributed by atoms with van der Waals surface area (Å²) in [5.74, 6) is 1.29. The van der Waals surface area contributed by atoms with Crippen molar-refractivity contribution >= 4 is 15.9 Å². The molecule has 0 aromatic carbocycles. The van der Waals surface area contributed by atoms with Crippen LogP contribution in [0.1, 0.15) is 35.1 Å². The highest BCUT2D eigenvalue weighted by Crippen LogP contribution is 2.16. The van der Waals surface area contributed by atoms with Crippen molar-refractivity contribution in [1.29, 1.82) is 10.5 Å². The van der Waals surface area contributed by atoms with Crippen LogP contribution in [0.3, 0.4) is 0 Å². The molecule has 0 radical (unpaired) electrons. The molecule has 0 saturated heterocycles. The number of nitrogens with zero attached hydrogens (tertiary/aromatic N) is 6. The maximum absolute atomic E-state index is 8.91. The van der Waals surface area contributed by atoms with Crippen molar-refractivity contribution in [1.82, 2.24) is 19.9 Å². The second-order valence-corrected chi connectivity index (χ2v) is 6.47. The van der Waals surface area contributed by atoms with Gasteiger partial charge in [0.2, 0.25) is 0 Å². The number of alkyl halides is 1. The molecule has 2 heterocycles. The summed E-state index contributed by atoms with van der Waals surface area (Å²) in [7, 11) is 3.31. The number of nitriles is 2. The zero-order valence-corrected chi connectivity index (χ0v) is 18.9. The van der Waals surface area contributed by atoms with E-state index in [0.29, 0.717) is 19.4 Å². The van der Waals surface area contributed by atoms with E-state index in [4.69, 9.17) is 15.3 Å². The Kier molecular flexibility index (Phi) is 16.1. The molecule has 0 aliphatic rings. The van der Waals surface area contributed by atoms with E-state index < -0.39 is 0 Å². The Morgan fingerprint density at radius 3 is 1.83 bits per heavy atom. The normalized spacial score (nSPS) is 10.3. The summed E-state index contributed by atoms with van der Waals surface area (Å²) in [6, 6.07) is 4.24. The smallest absolute Gasteiger partial charge is 0.125 e. The predicted molar refractivity (Wildman–Crippen MR) is 113 cm³/mol. The standard InChI is InChI=1S/C10H13N3O.C7H7N3.C3H7BrO/c1-8-12-6-10(7-13-8)9(5-11)3-4-14-2;1-6-9-4-7(2-3-8)5-10-6;1-5-3-2-4/h6-7,9H,3-4H2,1-2H3;4-5H,2H2,1H3;2-3H2,1H3. The molecule has 2 aromatic rings. The highest BCUT2D eigenvalue weighted by molar-refractivity contribution is 9.09. The fourth-order valence-electron chi connectivity index (χ4n) is 1.80. The SMILES string of the molecule is COCCBr.COCCC(C#N)c1cnc(C)nc1.Cc1ncc(CC#N)cn1. The zero-order chi connectivity index (χ0) is 21.9. The van der Waals surface area contributed by atoms with E-state index in [1.165, 1.54) is 0 Å². The van der Waals surface area contributed by atoms with Gasteiger partial charge in [0.25, 0.3) is 0 Å². The number of methoxy groups -OCH3 is 2. The summed E-state index contributed by atoms with van der Waals surface area (Å²) in [6.07, 6.45) is 7.81. The Morgan fingerprint density at radius 2 is 1.45 bits per heavy atom. The van der Waals surface area contributed by atoms with E-state index in [1.807, 2.05) is 19.9 Å². The van der Waals surface area contributed by atoms with Gasteiger partial charge < -0.3 is 9.47 Å². The predicted octanol–water partition coefficient (Wildman–Crippen LogP) is 3.31. The molecule has 29 heavy (non-hydrogen) atoms. The number of hydrogen-bond acceptors (Lipinski definition) is 8. The van der Waals surface area contributed by atoms with E-state index in [0.717, 1.165) is 34.7 Å². The summed E-state index contributed by atoms with van der Waals surface area (Å²) in [6.45, 7) is 5.02. The first-order valence-electron chi connectivity index (χ1n) is 8.88. The van der Waals surface area contributed by atoms with Gasteiger partial charge >= 0.3 is 0 Å². The maximum atomic E-state index is 8.91. The highest BCUT2D eigenvalue weighted by Gasteiger charge is 2.10. The summed E-state index contributed by atoms with van der Waals surface area (Å²) >= 11 is 3.18. The Balaban J connectivity index is 0.000000455. The molecule has 0 bridgehead atoms. The number of aromatic nitrogens is 4. The Labute approximate surface area is 181 Å². The van der Waals surface area contributed by atoms with Gasteiger partial charge in [-0.25, -0.2) is 19.9 Å². The molecular formula is C20H27BrN6O2. The van der Waals surface area contributed by atoms with Gasteiger partial charge in [0.05, 0.1) is 31.1 Å². The van der Waals surface area contributed by atoms with Gasteiger partial charge in [0, 0.05) is 62.1 Å². The van der Waals surface area contributed by atoms with E-state index >= 15 is 0 Å². The van der Waals surface area contributed by atoms with Crippen LogP contribution >= 0.6 is 15.9 Å². The van der Waals surface area contributed by atoms with Gasteiger partial charge in [-0.2, -0.15) is 10.5 Å². The van der Waals surface area contributed by atoms with Crippen LogP contribution in [-0.4, -0.2) is 52.7 Å². The Bertz CT molecular complexity index is 740. The minimum atomic E-state index is -0.171. The molecule has 0 fully saturated rings. The average Bonchev–Trinajstić information content (AvgIpc) is 2.73. The fourth-order valence-corrected chi connectivity index (χ4v) is 2.13. The Morgan fingerprint density at radius 1 is 0.931 bits per heavy atom. The molecule has 0 amide bonds. The van der Waals surface area contributed by atoms with Gasteiger partial charge in [0.15, 0.2) is 0 Å². The van der Waals surface area contributed by atoms with Crippen LogP contribution < -0.4 is 0 Å². The summed E-state index contributed by atoms with van der Waals surface area (Å²) in [5, 5.41) is 18.1. The average molecular weight is 463 g/mol. The molecule has 0 aliphatic heterocycles. The third-order valence-electron chi connectivity index (χ3n) is 3.37. The minimum absolute atomic E-state index is 0.171. The van der Waals surface area contributed by atoms with Gasteiger partial charge in [0.1, 0.15) is 11.6 Å². The van der Waals surface area contributed by atoms with Gasteiger partial charge in [-0.15, -0.1) is 0 Å². The summed E-state index contributed by atoms with van der Waals surface area (Å²) in [5.41, 5.74) is 1.73. The first kappa shape index (κ1) is 26.5. The van der Waals surface area contributed by atoms with Gasteiger partial charge in [-0.3, -0.25) is 0 Å². The lowest BCUT2D eigenvalue weighted by molar-refractivity contribution is 0.192. The molecule has 0 aliphatic carbocycles. The van der Waals surface area contributed by atoms with Crippen molar-refractivity contribution in [3.63, 3.8) is 0 Å². The summed E-state index contributed by atoms with van der Waals surface area (Å²) in [4.78, 5) is 16.0. The number of ether oxygens (including phenoxy) is 2. The number of halogens is 1. The molecule has 0 saturated carbocycles. The van der Waals surface area contributed by atoms with E-state index in [1.54, 1.807) is 39.0 Å². The van der Waals surface area contributed by atoms with Crippen molar-refractivity contribution in [2.24, 2.45) is 0 Å². The molecule has 9 heteroatoms. The second-order valence-electron chi connectivity index (χ2n) is 5.68. The molecule has 156 valence electrons. The molecule has 0 spiro atoms. The lowest BCUT2D eigenvalue weighted by Crippen LogP contribution is -2.02. The van der Waals surface area contributed by atoms with Crippen LogP contribution in [0, 0.1) is 36.5 Å². The molecule has 1 atom stereocenters. The van der Waals surface area contributed by atoms with Crippen molar-refractivity contribution in [2.75, 3.05) is 32.8 Å². The highest BCUT2D eigenvalue weighted by atomic mass is 79.9. The monoisotopic (exact) mass is 462 g/mol. The molecular weight excluding hydrogens is 436 g/mol. The first-order valence-corrected chi connectivity index (χ1v) is 10.0. The lowest BCUT2D eigenvalue weighted by Gasteiger charge is -2.07. The lowest BCUT2D eigenvalue weighted by atomic mass is 10.0. The van der Waals surface area contributed by atoms with Crippen LogP contribution in [0.25, 0.3) is 0 Å². The third kappa shape index (κ3) is 13.4. The van der Waals surface area contributed by atoms with Gasteiger partial charge in [-0.1, -0.05) is 15.9 Å². The number of rotatable bonds is 7. The fraction of sp³-hybridized carbons (Fsp3) is 0.500. The van der Waals surface area contributed by atoms with Crippen LogP contribution in [-0.2, 0) is 15.9 Å². The minimum Gasteiger partial charge on any atom is -0.385 e. The third-order valence-corrected chi connectivity index (χ3v) is 3.69. The van der Waals surface area contributed by atoms with Crippen molar-refractivity contribution in [3.05, 3.63) is 47.6 Å². The Hall–Kier alpha value is -2.46. The molecule has 0 N–H and O–H groups in total. The topological polar surface area (TPSA) is 118 Å². The summed E-state index contributed by atoms with van der Waals surface area (Å²) < 4.78 is 9.57.